The van der Waals surface area contributed by atoms with E-state index in [2.05, 4.69) is 20.1 Å². The van der Waals surface area contributed by atoms with Crippen molar-refractivity contribution in [2.45, 2.75) is 32.4 Å². The summed E-state index contributed by atoms with van der Waals surface area (Å²) in [5.41, 5.74) is 3.87. The van der Waals surface area contributed by atoms with Crippen LogP contribution in [0.4, 0.5) is 0 Å². The molecule has 8 heteroatoms. The van der Waals surface area contributed by atoms with Crippen molar-refractivity contribution in [3.05, 3.63) is 71.8 Å². The van der Waals surface area contributed by atoms with Crippen LogP contribution in [-0.2, 0) is 6.54 Å². The van der Waals surface area contributed by atoms with Crippen molar-refractivity contribution in [3.8, 4) is 0 Å². The van der Waals surface area contributed by atoms with E-state index in [4.69, 9.17) is 4.52 Å². The van der Waals surface area contributed by atoms with E-state index in [0.717, 1.165) is 35.5 Å². The van der Waals surface area contributed by atoms with Crippen LogP contribution in [0.2, 0.25) is 0 Å². The molecule has 0 aromatic carbocycles. The van der Waals surface area contributed by atoms with E-state index in [-0.39, 0.29) is 11.9 Å². The van der Waals surface area contributed by atoms with E-state index >= 15 is 0 Å². The number of carbonyl (C=O) groups excluding carboxylic acids is 1. The lowest BCUT2D eigenvalue weighted by atomic mass is 10.1. The van der Waals surface area contributed by atoms with Crippen LogP contribution in [0, 0.1) is 6.92 Å². The highest BCUT2D eigenvalue weighted by molar-refractivity contribution is 5.96. The maximum atomic E-state index is 13.2. The first-order chi connectivity index (χ1) is 14.2. The minimum Gasteiger partial charge on any atom is -0.359 e. The van der Waals surface area contributed by atoms with Crippen molar-refractivity contribution in [2.24, 2.45) is 0 Å². The molecule has 1 fully saturated rings. The van der Waals surface area contributed by atoms with Gasteiger partial charge in [0.25, 0.3) is 5.91 Å². The van der Waals surface area contributed by atoms with Gasteiger partial charge in [-0.05, 0) is 37.5 Å². The third-order valence-corrected chi connectivity index (χ3v) is 5.27. The van der Waals surface area contributed by atoms with Crippen LogP contribution in [0.3, 0.4) is 0 Å². The second-order valence-corrected chi connectivity index (χ2v) is 7.33. The van der Waals surface area contributed by atoms with E-state index < -0.39 is 0 Å². The summed E-state index contributed by atoms with van der Waals surface area (Å²) in [5, 5.41) is 3.96. The Kier molecular flexibility index (Phi) is 4.31. The predicted octanol–water partition coefficient (Wildman–Crippen LogP) is 3.15. The highest BCUT2D eigenvalue weighted by Crippen LogP contribution is 2.33. The summed E-state index contributed by atoms with van der Waals surface area (Å²) in [6, 6.07) is 7.54. The third kappa shape index (κ3) is 3.26. The molecule has 4 aromatic rings. The van der Waals surface area contributed by atoms with Crippen molar-refractivity contribution in [1.29, 1.82) is 0 Å². The molecule has 0 radical (unpaired) electrons. The van der Waals surface area contributed by atoms with Crippen molar-refractivity contribution in [2.75, 3.05) is 6.54 Å². The van der Waals surface area contributed by atoms with Gasteiger partial charge in [0.1, 0.15) is 5.52 Å². The highest BCUT2D eigenvalue weighted by atomic mass is 16.5. The predicted molar refractivity (Wildman–Crippen MR) is 105 cm³/mol. The quantitative estimate of drug-likeness (QED) is 0.533. The summed E-state index contributed by atoms with van der Waals surface area (Å²) >= 11 is 0. The number of nitrogens with zero attached hydrogens (tertiary/aromatic N) is 6. The number of fused-ring (bicyclic) bond motifs is 1. The lowest BCUT2D eigenvalue weighted by Crippen LogP contribution is -2.30. The second kappa shape index (κ2) is 7.12. The molecule has 0 aliphatic carbocycles. The first-order valence-corrected chi connectivity index (χ1v) is 9.63. The Hall–Kier alpha value is -3.55. The SMILES string of the molecule is Cc1cc(C2CCCN2C(=O)c2cnc3c(c2)ncn3Cc2cccnc2)on1. The molecule has 0 spiro atoms. The summed E-state index contributed by atoms with van der Waals surface area (Å²) in [5.74, 6) is 0.681. The van der Waals surface area contributed by atoms with Gasteiger partial charge in [-0.3, -0.25) is 9.78 Å². The molecule has 1 saturated heterocycles. The van der Waals surface area contributed by atoms with Gasteiger partial charge >= 0.3 is 0 Å². The first kappa shape index (κ1) is 17.5. The highest BCUT2D eigenvalue weighted by Gasteiger charge is 2.33. The number of rotatable bonds is 4. The summed E-state index contributed by atoms with van der Waals surface area (Å²) < 4.78 is 7.37. The van der Waals surface area contributed by atoms with E-state index in [1.54, 1.807) is 18.7 Å². The summed E-state index contributed by atoms with van der Waals surface area (Å²) in [6.07, 6.45) is 8.75. The molecule has 0 N–H and O–H groups in total. The maximum absolute atomic E-state index is 13.2. The number of carbonyl (C=O) groups is 1. The summed E-state index contributed by atoms with van der Waals surface area (Å²) in [4.78, 5) is 28.1. The Bertz CT molecular complexity index is 1170. The van der Waals surface area contributed by atoms with Gasteiger partial charge in [0.15, 0.2) is 11.4 Å². The van der Waals surface area contributed by atoms with Crippen LogP contribution in [0.5, 0.6) is 0 Å². The average Bonchev–Trinajstić information content (AvgIpc) is 3.48. The summed E-state index contributed by atoms with van der Waals surface area (Å²) in [7, 11) is 0. The molecule has 0 saturated carbocycles. The average molecular weight is 388 g/mol. The maximum Gasteiger partial charge on any atom is 0.256 e. The van der Waals surface area contributed by atoms with Crippen LogP contribution in [-0.4, -0.2) is 42.0 Å². The van der Waals surface area contributed by atoms with Crippen LogP contribution >= 0.6 is 0 Å². The lowest BCUT2D eigenvalue weighted by molar-refractivity contribution is 0.0714. The molecule has 1 unspecified atom stereocenters. The second-order valence-electron chi connectivity index (χ2n) is 7.33. The Balaban J connectivity index is 1.41. The van der Waals surface area contributed by atoms with E-state index in [9.17, 15) is 4.79 Å². The van der Waals surface area contributed by atoms with Gasteiger partial charge in [0, 0.05) is 31.2 Å². The standard InChI is InChI=1S/C21H20N6O2/c1-14-8-19(29-25-14)18-5-3-7-27(18)21(28)16-9-17-20(23-11-16)26(13-24-17)12-15-4-2-6-22-10-15/h2,4,6,8-11,13,18H,3,5,7,12H2,1H3. The molecule has 1 aliphatic heterocycles. The number of likely N-dealkylation sites (tertiary alicyclic amines) is 1. The zero-order valence-corrected chi connectivity index (χ0v) is 16.0. The fraction of sp³-hybridized carbons (Fsp3) is 0.286. The Morgan fingerprint density at radius 2 is 2.21 bits per heavy atom. The number of aryl methyl sites for hydroxylation is 1. The van der Waals surface area contributed by atoms with Gasteiger partial charge in [-0.1, -0.05) is 11.2 Å². The number of pyridine rings is 2. The van der Waals surface area contributed by atoms with Gasteiger partial charge in [-0.25, -0.2) is 9.97 Å². The van der Waals surface area contributed by atoms with E-state index in [1.165, 1.54) is 0 Å². The van der Waals surface area contributed by atoms with Crippen molar-refractivity contribution in [1.82, 2.24) is 29.6 Å². The molecule has 146 valence electrons. The monoisotopic (exact) mass is 388 g/mol. The summed E-state index contributed by atoms with van der Waals surface area (Å²) in [6.45, 7) is 3.20. The number of hydrogen-bond donors (Lipinski definition) is 0. The molecular formula is C21H20N6O2. The largest absolute Gasteiger partial charge is 0.359 e. The topological polar surface area (TPSA) is 89.9 Å². The molecule has 1 atom stereocenters. The lowest BCUT2D eigenvalue weighted by Gasteiger charge is -2.22. The van der Waals surface area contributed by atoms with Crippen molar-refractivity contribution in [3.63, 3.8) is 0 Å². The normalized spacial score (nSPS) is 16.6. The molecule has 4 aromatic heterocycles. The molecule has 8 nitrogen and oxygen atoms in total. The zero-order valence-electron chi connectivity index (χ0n) is 16.0. The Morgan fingerprint density at radius 1 is 1.28 bits per heavy atom. The third-order valence-electron chi connectivity index (χ3n) is 5.27. The van der Waals surface area contributed by atoms with Gasteiger partial charge < -0.3 is 14.0 Å². The van der Waals surface area contributed by atoms with Crippen molar-refractivity contribution >= 4 is 17.1 Å². The molecule has 29 heavy (non-hydrogen) atoms. The van der Waals surface area contributed by atoms with Gasteiger partial charge in [0.05, 0.1) is 30.2 Å². The molecule has 5 heterocycles. The van der Waals surface area contributed by atoms with Gasteiger partial charge in [-0.2, -0.15) is 0 Å². The van der Waals surface area contributed by atoms with Crippen LogP contribution in [0.15, 0.2) is 53.7 Å². The van der Waals surface area contributed by atoms with E-state index in [1.807, 2.05) is 46.9 Å². The zero-order chi connectivity index (χ0) is 19.8. The minimum absolute atomic E-state index is 0.0576. The molecule has 1 aliphatic rings. The van der Waals surface area contributed by atoms with Gasteiger partial charge in [-0.15, -0.1) is 0 Å². The van der Waals surface area contributed by atoms with Gasteiger partial charge in [0.2, 0.25) is 0 Å². The smallest absolute Gasteiger partial charge is 0.256 e. The first-order valence-electron chi connectivity index (χ1n) is 9.63. The number of aromatic nitrogens is 5. The van der Waals surface area contributed by atoms with Crippen LogP contribution in [0.1, 0.15) is 46.3 Å². The van der Waals surface area contributed by atoms with E-state index in [0.29, 0.717) is 24.2 Å². The number of hydrogen-bond acceptors (Lipinski definition) is 6. The molecule has 5 rings (SSSR count). The van der Waals surface area contributed by atoms with Crippen molar-refractivity contribution < 1.29 is 9.32 Å². The number of amides is 1. The fourth-order valence-electron chi connectivity index (χ4n) is 3.88. The number of imidazole rings is 1. The molecule has 1 amide bonds. The van der Waals surface area contributed by atoms with Crippen LogP contribution in [0.25, 0.3) is 11.2 Å². The molecular weight excluding hydrogens is 368 g/mol. The Labute approximate surface area is 167 Å². The Morgan fingerprint density at radius 3 is 3.00 bits per heavy atom. The minimum atomic E-state index is -0.0810. The molecule has 0 bridgehead atoms. The fourth-order valence-corrected chi connectivity index (χ4v) is 3.88. The van der Waals surface area contributed by atoms with Crippen LogP contribution < -0.4 is 0 Å².